The molecule has 5 heteroatoms. The SMILES string of the molecule is CC(C)(C)OC(=O)NC(Cc1ccc(O)cc1)[C@H]1CO1. The summed E-state index contributed by atoms with van der Waals surface area (Å²) < 4.78 is 10.5. The van der Waals surface area contributed by atoms with Gasteiger partial charge in [0.1, 0.15) is 17.5 Å². The predicted molar refractivity (Wildman–Crippen MR) is 74.7 cm³/mol. The lowest BCUT2D eigenvalue weighted by Crippen LogP contribution is -2.43. The lowest BCUT2D eigenvalue weighted by Gasteiger charge is -2.23. The molecule has 1 aromatic carbocycles. The summed E-state index contributed by atoms with van der Waals surface area (Å²) in [6.45, 7) is 6.14. The van der Waals surface area contributed by atoms with Crippen LogP contribution >= 0.6 is 0 Å². The minimum Gasteiger partial charge on any atom is -0.508 e. The molecule has 2 atom stereocenters. The molecule has 0 saturated carbocycles. The molecular formula is C15H21NO4. The van der Waals surface area contributed by atoms with Crippen LogP contribution in [0.4, 0.5) is 4.79 Å². The van der Waals surface area contributed by atoms with Crippen molar-refractivity contribution < 1.29 is 19.4 Å². The van der Waals surface area contributed by atoms with Crippen molar-refractivity contribution in [2.24, 2.45) is 0 Å². The third-order valence-corrected chi connectivity index (χ3v) is 2.90. The van der Waals surface area contributed by atoms with E-state index in [1.807, 2.05) is 32.9 Å². The molecule has 1 fully saturated rings. The topological polar surface area (TPSA) is 71.1 Å². The number of phenolic OH excluding ortho intramolecular Hbond substituents is 1. The number of alkyl carbamates (subject to hydrolysis) is 1. The second kappa shape index (κ2) is 5.71. The van der Waals surface area contributed by atoms with Gasteiger partial charge in [-0.1, -0.05) is 12.1 Å². The Kier molecular flexibility index (Phi) is 4.18. The van der Waals surface area contributed by atoms with E-state index in [4.69, 9.17) is 9.47 Å². The molecule has 5 nitrogen and oxygen atoms in total. The minimum atomic E-state index is -0.516. The third-order valence-electron chi connectivity index (χ3n) is 2.90. The molecule has 0 radical (unpaired) electrons. The number of hydrogen-bond acceptors (Lipinski definition) is 4. The lowest BCUT2D eigenvalue weighted by molar-refractivity contribution is 0.0495. The van der Waals surface area contributed by atoms with Crippen molar-refractivity contribution in [1.82, 2.24) is 5.32 Å². The molecule has 1 heterocycles. The van der Waals surface area contributed by atoms with Crippen molar-refractivity contribution in [1.29, 1.82) is 0 Å². The van der Waals surface area contributed by atoms with Gasteiger partial charge in [-0.3, -0.25) is 0 Å². The first kappa shape index (κ1) is 14.7. The Bertz CT molecular complexity index is 460. The monoisotopic (exact) mass is 279 g/mol. The molecule has 1 amide bonds. The van der Waals surface area contributed by atoms with Crippen molar-refractivity contribution in [3.63, 3.8) is 0 Å². The zero-order valence-electron chi connectivity index (χ0n) is 12.1. The number of carbonyl (C=O) groups is 1. The fourth-order valence-corrected chi connectivity index (χ4v) is 1.91. The summed E-state index contributed by atoms with van der Waals surface area (Å²) in [6.07, 6.45) is 0.248. The van der Waals surface area contributed by atoms with Gasteiger partial charge in [0.15, 0.2) is 0 Å². The summed E-state index contributed by atoms with van der Waals surface area (Å²) >= 11 is 0. The molecular weight excluding hydrogens is 258 g/mol. The van der Waals surface area contributed by atoms with E-state index in [1.54, 1.807) is 12.1 Å². The number of nitrogens with one attached hydrogen (secondary N) is 1. The van der Waals surface area contributed by atoms with Gasteiger partial charge < -0.3 is 19.9 Å². The number of hydrogen-bond donors (Lipinski definition) is 2. The van der Waals surface area contributed by atoms with Crippen LogP contribution in [0.5, 0.6) is 5.75 Å². The Morgan fingerprint density at radius 2 is 2.05 bits per heavy atom. The number of phenols is 1. The van der Waals surface area contributed by atoms with Crippen molar-refractivity contribution in [2.75, 3.05) is 6.61 Å². The molecule has 2 rings (SSSR count). The quantitative estimate of drug-likeness (QED) is 0.829. The average Bonchev–Trinajstić information content (AvgIpc) is 3.12. The first-order valence-corrected chi connectivity index (χ1v) is 6.72. The van der Waals surface area contributed by atoms with Crippen molar-refractivity contribution in [3.8, 4) is 5.75 Å². The summed E-state index contributed by atoms with van der Waals surface area (Å²) in [7, 11) is 0. The maximum Gasteiger partial charge on any atom is 0.407 e. The van der Waals surface area contributed by atoms with Crippen molar-refractivity contribution in [3.05, 3.63) is 29.8 Å². The molecule has 1 saturated heterocycles. The van der Waals surface area contributed by atoms with E-state index in [-0.39, 0.29) is 17.9 Å². The third kappa shape index (κ3) is 4.74. The molecule has 1 aliphatic heterocycles. The van der Waals surface area contributed by atoms with Crippen molar-refractivity contribution >= 4 is 6.09 Å². The number of ether oxygens (including phenoxy) is 2. The number of epoxide rings is 1. The van der Waals surface area contributed by atoms with Gasteiger partial charge in [-0.2, -0.15) is 0 Å². The normalized spacial score (nSPS) is 19.2. The zero-order valence-corrected chi connectivity index (χ0v) is 12.1. The molecule has 0 aliphatic carbocycles. The Morgan fingerprint density at radius 1 is 1.45 bits per heavy atom. The summed E-state index contributed by atoms with van der Waals surface area (Å²) in [6, 6.07) is 6.82. The smallest absolute Gasteiger partial charge is 0.407 e. The molecule has 0 aromatic heterocycles. The highest BCUT2D eigenvalue weighted by Gasteiger charge is 2.34. The first-order chi connectivity index (χ1) is 9.33. The Labute approximate surface area is 118 Å². The number of amides is 1. The van der Waals surface area contributed by atoms with Crippen LogP contribution < -0.4 is 5.32 Å². The molecule has 2 N–H and O–H groups in total. The van der Waals surface area contributed by atoms with E-state index in [2.05, 4.69) is 5.32 Å². The second-order valence-corrected chi connectivity index (χ2v) is 6.00. The maximum atomic E-state index is 11.8. The standard InChI is InChI=1S/C15H21NO4/c1-15(2,3)20-14(18)16-12(13-9-19-13)8-10-4-6-11(17)7-5-10/h4-7,12-13,17H,8-9H2,1-3H3,(H,16,18)/t12?,13-/m1/s1. The number of benzene rings is 1. The fraction of sp³-hybridized carbons (Fsp3) is 0.533. The lowest BCUT2D eigenvalue weighted by atomic mass is 10.0. The number of carbonyl (C=O) groups excluding carboxylic acids is 1. The highest BCUT2D eigenvalue weighted by Crippen LogP contribution is 2.20. The number of rotatable bonds is 4. The zero-order chi connectivity index (χ0) is 14.8. The van der Waals surface area contributed by atoms with Crippen LogP contribution in [-0.2, 0) is 15.9 Å². The summed E-state index contributed by atoms with van der Waals surface area (Å²) in [4.78, 5) is 11.8. The second-order valence-electron chi connectivity index (χ2n) is 6.00. The maximum absolute atomic E-state index is 11.8. The van der Waals surface area contributed by atoms with E-state index in [9.17, 15) is 9.90 Å². The van der Waals surface area contributed by atoms with E-state index in [1.165, 1.54) is 0 Å². The highest BCUT2D eigenvalue weighted by molar-refractivity contribution is 5.68. The van der Waals surface area contributed by atoms with Gasteiger partial charge in [-0.15, -0.1) is 0 Å². The largest absolute Gasteiger partial charge is 0.508 e. The molecule has 20 heavy (non-hydrogen) atoms. The molecule has 1 aliphatic rings. The number of aromatic hydroxyl groups is 1. The molecule has 110 valence electrons. The summed E-state index contributed by atoms with van der Waals surface area (Å²) in [5.41, 5.74) is 0.511. The summed E-state index contributed by atoms with van der Waals surface area (Å²) in [5.74, 6) is 0.230. The van der Waals surface area contributed by atoms with Gasteiger partial charge in [-0.25, -0.2) is 4.79 Å². The molecule has 0 spiro atoms. The van der Waals surface area contributed by atoms with E-state index in [0.29, 0.717) is 13.0 Å². The van der Waals surface area contributed by atoms with Crippen LogP contribution in [0.15, 0.2) is 24.3 Å². The van der Waals surface area contributed by atoms with Gasteiger partial charge in [0.25, 0.3) is 0 Å². The van der Waals surface area contributed by atoms with Crippen LogP contribution in [0, 0.1) is 0 Å². The Hall–Kier alpha value is -1.75. The van der Waals surface area contributed by atoms with Crippen LogP contribution in [-0.4, -0.2) is 35.6 Å². The van der Waals surface area contributed by atoms with Crippen LogP contribution in [0.1, 0.15) is 26.3 Å². The minimum absolute atomic E-state index is 0.0383. The Morgan fingerprint density at radius 3 is 2.55 bits per heavy atom. The van der Waals surface area contributed by atoms with Gasteiger partial charge >= 0.3 is 6.09 Å². The van der Waals surface area contributed by atoms with Crippen molar-refractivity contribution in [2.45, 2.75) is 44.9 Å². The summed E-state index contributed by atoms with van der Waals surface area (Å²) in [5, 5.41) is 12.1. The Balaban J connectivity index is 1.94. The molecule has 1 unspecified atom stereocenters. The van der Waals surface area contributed by atoms with Gasteiger partial charge in [-0.05, 0) is 44.9 Å². The first-order valence-electron chi connectivity index (χ1n) is 6.72. The van der Waals surface area contributed by atoms with Gasteiger partial charge in [0.05, 0.1) is 12.6 Å². The molecule has 0 bridgehead atoms. The van der Waals surface area contributed by atoms with E-state index < -0.39 is 11.7 Å². The highest BCUT2D eigenvalue weighted by atomic mass is 16.6. The predicted octanol–water partition coefficient (Wildman–Crippen LogP) is 2.23. The van der Waals surface area contributed by atoms with Gasteiger partial charge in [0.2, 0.25) is 0 Å². The van der Waals surface area contributed by atoms with Crippen LogP contribution in [0.2, 0.25) is 0 Å². The van der Waals surface area contributed by atoms with E-state index in [0.717, 1.165) is 5.56 Å². The average molecular weight is 279 g/mol. The van der Waals surface area contributed by atoms with Crippen LogP contribution in [0.3, 0.4) is 0 Å². The molecule has 1 aromatic rings. The van der Waals surface area contributed by atoms with E-state index >= 15 is 0 Å². The van der Waals surface area contributed by atoms with Crippen LogP contribution in [0.25, 0.3) is 0 Å². The fourth-order valence-electron chi connectivity index (χ4n) is 1.91. The van der Waals surface area contributed by atoms with Gasteiger partial charge in [0, 0.05) is 0 Å².